The van der Waals surface area contributed by atoms with Crippen molar-refractivity contribution >= 4 is 17.3 Å². The number of rotatable bonds is 6. The standard InChI is InChI=1S/C13H19N3O4/c1-9(8-20-4)15(3)13(17)10-5-6-12(16(18)19)11(7-10)14-2/h5-7,9,14H,8H2,1-4H3. The summed E-state index contributed by atoms with van der Waals surface area (Å²) < 4.78 is 5.01. The van der Waals surface area contributed by atoms with E-state index >= 15 is 0 Å². The van der Waals surface area contributed by atoms with Crippen LogP contribution in [0.4, 0.5) is 11.4 Å². The lowest BCUT2D eigenvalue weighted by molar-refractivity contribution is -0.383. The molecule has 0 aliphatic rings. The lowest BCUT2D eigenvalue weighted by Crippen LogP contribution is -2.37. The minimum absolute atomic E-state index is 0.0587. The van der Waals surface area contributed by atoms with Gasteiger partial charge in [-0.05, 0) is 19.1 Å². The number of carbonyl (C=O) groups excluding carboxylic acids is 1. The van der Waals surface area contributed by atoms with Gasteiger partial charge in [0, 0.05) is 32.8 Å². The number of carbonyl (C=O) groups is 1. The molecule has 0 heterocycles. The van der Waals surface area contributed by atoms with Gasteiger partial charge in [-0.3, -0.25) is 14.9 Å². The average Bonchev–Trinajstić information content (AvgIpc) is 2.44. The van der Waals surface area contributed by atoms with Crippen molar-refractivity contribution in [2.24, 2.45) is 0 Å². The number of benzene rings is 1. The Kier molecular flexibility index (Phi) is 5.45. The molecule has 7 heteroatoms. The van der Waals surface area contributed by atoms with Gasteiger partial charge in [-0.25, -0.2) is 0 Å². The molecule has 110 valence electrons. The molecule has 0 radical (unpaired) electrons. The van der Waals surface area contributed by atoms with Crippen molar-refractivity contribution in [1.82, 2.24) is 4.90 Å². The number of nitrogens with zero attached hydrogens (tertiary/aromatic N) is 2. The van der Waals surface area contributed by atoms with E-state index < -0.39 is 4.92 Å². The molecular formula is C13H19N3O4. The predicted octanol–water partition coefficient (Wildman–Crippen LogP) is 1.74. The van der Waals surface area contributed by atoms with Crippen molar-refractivity contribution in [3.05, 3.63) is 33.9 Å². The molecule has 1 rings (SSSR count). The number of nitro groups is 1. The van der Waals surface area contributed by atoms with E-state index in [1.54, 1.807) is 26.1 Å². The third kappa shape index (κ3) is 3.45. The van der Waals surface area contributed by atoms with E-state index in [1.807, 2.05) is 6.92 Å². The number of nitro benzene ring substituents is 1. The van der Waals surface area contributed by atoms with Crippen molar-refractivity contribution in [3.63, 3.8) is 0 Å². The summed E-state index contributed by atoms with van der Waals surface area (Å²) in [5, 5.41) is 13.6. The molecule has 0 bridgehead atoms. The Bertz CT molecular complexity index is 504. The molecule has 0 aliphatic heterocycles. The smallest absolute Gasteiger partial charge is 0.292 e. The van der Waals surface area contributed by atoms with Crippen LogP contribution in [-0.4, -0.2) is 49.6 Å². The Hall–Kier alpha value is -2.15. The van der Waals surface area contributed by atoms with Crippen LogP contribution < -0.4 is 5.32 Å². The molecule has 0 aliphatic carbocycles. The number of methoxy groups -OCH3 is 1. The number of hydrogen-bond donors (Lipinski definition) is 1. The number of nitrogens with one attached hydrogen (secondary N) is 1. The van der Waals surface area contributed by atoms with Crippen molar-refractivity contribution in [2.75, 3.05) is 33.1 Å². The monoisotopic (exact) mass is 281 g/mol. The molecule has 0 aromatic heterocycles. The van der Waals surface area contributed by atoms with Crippen LogP contribution in [0.2, 0.25) is 0 Å². The maximum absolute atomic E-state index is 12.3. The zero-order chi connectivity index (χ0) is 15.3. The highest BCUT2D eigenvalue weighted by Crippen LogP contribution is 2.25. The number of hydrogen-bond acceptors (Lipinski definition) is 5. The van der Waals surface area contributed by atoms with E-state index in [4.69, 9.17) is 4.74 Å². The molecule has 1 N–H and O–H groups in total. The summed E-state index contributed by atoms with van der Waals surface area (Å²) in [7, 11) is 4.82. The minimum Gasteiger partial charge on any atom is -0.383 e. The Balaban J connectivity index is 3.02. The summed E-state index contributed by atoms with van der Waals surface area (Å²) in [5.41, 5.74) is 0.649. The van der Waals surface area contributed by atoms with Gasteiger partial charge in [0.2, 0.25) is 0 Å². The van der Waals surface area contributed by atoms with Crippen molar-refractivity contribution in [2.45, 2.75) is 13.0 Å². The number of amides is 1. The largest absolute Gasteiger partial charge is 0.383 e. The van der Waals surface area contributed by atoms with Crippen molar-refractivity contribution < 1.29 is 14.5 Å². The molecule has 1 aromatic rings. The molecule has 1 unspecified atom stereocenters. The molecule has 0 spiro atoms. The van der Waals surface area contributed by atoms with Gasteiger partial charge in [-0.15, -0.1) is 0 Å². The molecule has 0 saturated carbocycles. The second-order valence-corrected chi connectivity index (χ2v) is 4.46. The van der Waals surface area contributed by atoms with E-state index in [0.29, 0.717) is 17.9 Å². The molecule has 20 heavy (non-hydrogen) atoms. The first-order valence-corrected chi connectivity index (χ1v) is 6.14. The maximum atomic E-state index is 12.3. The van der Waals surface area contributed by atoms with Gasteiger partial charge in [0.1, 0.15) is 5.69 Å². The fourth-order valence-electron chi connectivity index (χ4n) is 1.79. The zero-order valence-corrected chi connectivity index (χ0v) is 12.0. The molecule has 7 nitrogen and oxygen atoms in total. The van der Waals surface area contributed by atoms with Crippen LogP contribution in [0.15, 0.2) is 18.2 Å². The Labute approximate surface area is 117 Å². The summed E-state index contributed by atoms with van der Waals surface area (Å²) in [5.74, 6) is -0.207. The molecule has 0 fully saturated rings. The van der Waals surface area contributed by atoms with Gasteiger partial charge in [0.25, 0.3) is 11.6 Å². The van der Waals surface area contributed by atoms with Gasteiger partial charge in [0.05, 0.1) is 17.6 Å². The number of ether oxygens (including phenoxy) is 1. The SMILES string of the molecule is CNc1cc(C(=O)N(C)C(C)COC)ccc1[N+](=O)[O-]. The molecular weight excluding hydrogens is 262 g/mol. The normalized spacial score (nSPS) is 11.8. The van der Waals surface area contributed by atoms with Gasteiger partial charge < -0.3 is 15.0 Å². The summed E-state index contributed by atoms with van der Waals surface area (Å²) in [6, 6.07) is 4.18. The van der Waals surface area contributed by atoms with E-state index in [2.05, 4.69) is 5.32 Å². The van der Waals surface area contributed by atoms with Crippen LogP contribution in [0.25, 0.3) is 0 Å². The Morgan fingerprint density at radius 2 is 2.20 bits per heavy atom. The van der Waals surface area contributed by atoms with Gasteiger partial charge in [0.15, 0.2) is 0 Å². The fraction of sp³-hybridized carbons (Fsp3) is 0.462. The molecule has 1 aromatic carbocycles. The third-order valence-corrected chi connectivity index (χ3v) is 3.10. The lowest BCUT2D eigenvalue weighted by atomic mass is 10.1. The third-order valence-electron chi connectivity index (χ3n) is 3.10. The summed E-state index contributed by atoms with van der Waals surface area (Å²) >= 11 is 0. The van der Waals surface area contributed by atoms with Crippen LogP contribution in [0.3, 0.4) is 0 Å². The summed E-state index contributed by atoms with van der Waals surface area (Å²) in [4.78, 5) is 24.2. The van der Waals surface area contributed by atoms with Crippen LogP contribution in [0.5, 0.6) is 0 Å². The van der Waals surface area contributed by atoms with Gasteiger partial charge in [-0.1, -0.05) is 0 Å². The maximum Gasteiger partial charge on any atom is 0.292 e. The topological polar surface area (TPSA) is 84.7 Å². The highest BCUT2D eigenvalue weighted by Gasteiger charge is 2.20. The Morgan fingerprint density at radius 3 is 2.70 bits per heavy atom. The first kappa shape index (κ1) is 15.9. The van der Waals surface area contributed by atoms with E-state index in [1.165, 1.54) is 18.2 Å². The predicted molar refractivity (Wildman–Crippen MR) is 76.1 cm³/mol. The summed E-state index contributed by atoms with van der Waals surface area (Å²) in [6.45, 7) is 2.29. The highest BCUT2D eigenvalue weighted by atomic mass is 16.6. The molecule has 1 amide bonds. The van der Waals surface area contributed by atoms with Gasteiger partial charge >= 0.3 is 0 Å². The van der Waals surface area contributed by atoms with Crippen LogP contribution in [-0.2, 0) is 4.74 Å². The fourth-order valence-corrected chi connectivity index (χ4v) is 1.79. The summed E-state index contributed by atoms with van der Waals surface area (Å²) in [6.07, 6.45) is 0. The van der Waals surface area contributed by atoms with Gasteiger partial charge in [-0.2, -0.15) is 0 Å². The first-order valence-electron chi connectivity index (χ1n) is 6.14. The minimum atomic E-state index is -0.489. The van der Waals surface area contributed by atoms with E-state index in [-0.39, 0.29) is 17.6 Å². The number of anilines is 1. The van der Waals surface area contributed by atoms with E-state index in [9.17, 15) is 14.9 Å². The van der Waals surface area contributed by atoms with Crippen molar-refractivity contribution in [1.29, 1.82) is 0 Å². The van der Waals surface area contributed by atoms with Crippen molar-refractivity contribution in [3.8, 4) is 0 Å². The van der Waals surface area contributed by atoms with E-state index in [0.717, 1.165) is 0 Å². The quantitative estimate of drug-likeness (QED) is 0.634. The molecule has 0 saturated heterocycles. The molecule has 1 atom stereocenters. The number of likely N-dealkylation sites (N-methyl/N-ethyl adjacent to an activating group) is 1. The average molecular weight is 281 g/mol. The second-order valence-electron chi connectivity index (χ2n) is 4.46. The van der Waals surface area contributed by atoms with Crippen LogP contribution in [0.1, 0.15) is 17.3 Å². The lowest BCUT2D eigenvalue weighted by Gasteiger charge is -2.24. The van der Waals surface area contributed by atoms with Crippen LogP contribution in [0, 0.1) is 10.1 Å². The van der Waals surface area contributed by atoms with Crippen LogP contribution >= 0.6 is 0 Å². The Morgan fingerprint density at radius 1 is 1.55 bits per heavy atom. The second kappa shape index (κ2) is 6.85. The first-order chi connectivity index (χ1) is 9.42. The zero-order valence-electron chi connectivity index (χ0n) is 12.0. The highest BCUT2D eigenvalue weighted by molar-refractivity contribution is 5.96.